The highest BCUT2D eigenvalue weighted by Gasteiger charge is 2.10. The van der Waals surface area contributed by atoms with E-state index in [1.807, 2.05) is 0 Å². The summed E-state index contributed by atoms with van der Waals surface area (Å²) in [6.45, 7) is 7.52. The van der Waals surface area contributed by atoms with Crippen molar-refractivity contribution in [2.45, 2.75) is 25.7 Å². The van der Waals surface area contributed by atoms with Crippen LogP contribution in [0.3, 0.4) is 0 Å². The van der Waals surface area contributed by atoms with E-state index in [1.54, 1.807) is 12.2 Å². The summed E-state index contributed by atoms with van der Waals surface area (Å²) in [5.74, 6) is -1.28. The molecule has 0 aromatic rings. The Morgan fingerprint density at radius 2 is 1.75 bits per heavy atom. The highest BCUT2D eigenvalue weighted by molar-refractivity contribution is 5.76. The van der Waals surface area contributed by atoms with Gasteiger partial charge in [-0.15, -0.1) is 13.2 Å². The van der Waals surface area contributed by atoms with E-state index in [0.717, 1.165) is 12.8 Å². The van der Waals surface area contributed by atoms with Crippen molar-refractivity contribution in [1.82, 2.24) is 0 Å². The zero-order valence-corrected chi connectivity index (χ0v) is 9.35. The van der Waals surface area contributed by atoms with Crippen molar-refractivity contribution < 1.29 is 19.4 Å². The number of allylic oxidation sites excluding steroid dienone is 2. The van der Waals surface area contributed by atoms with Gasteiger partial charge >= 0.3 is 11.9 Å². The summed E-state index contributed by atoms with van der Waals surface area (Å²) >= 11 is 0. The molecular weight excluding hydrogens is 208 g/mol. The normalized spacial score (nSPS) is 9.81. The maximum Gasteiger partial charge on any atom is 0.306 e. The number of carbonyl (C=O) groups is 2. The number of aliphatic carboxylic acids is 1. The van der Waals surface area contributed by atoms with Crippen LogP contribution in [0.25, 0.3) is 0 Å². The van der Waals surface area contributed by atoms with Gasteiger partial charge in [0.25, 0.3) is 0 Å². The van der Waals surface area contributed by atoms with E-state index in [1.165, 1.54) is 0 Å². The number of hydrogen-bond donors (Lipinski definition) is 1. The summed E-state index contributed by atoms with van der Waals surface area (Å²) in [4.78, 5) is 21.3. The molecule has 0 aromatic carbocycles. The van der Waals surface area contributed by atoms with E-state index in [-0.39, 0.29) is 25.4 Å². The van der Waals surface area contributed by atoms with Gasteiger partial charge in [-0.1, -0.05) is 12.2 Å². The molecule has 1 N–H and O–H groups in total. The minimum atomic E-state index is -0.995. The van der Waals surface area contributed by atoms with Crippen molar-refractivity contribution in [3.8, 4) is 0 Å². The fourth-order valence-corrected chi connectivity index (χ4v) is 1.20. The minimum Gasteiger partial charge on any atom is -0.481 e. The van der Waals surface area contributed by atoms with Gasteiger partial charge in [0.05, 0.1) is 19.4 Å². The van der Waals surface area contributed by atoms with E-state index in [2.05, 4.69) is 13.2 Å². The predicted molar refractivity (Wildman–Crippen MR) is 60.9 cm³/mol. The van der Waals surface area contributed by atoms with Gasteiger partial charge in [0, 0.05) is 0 Å². The predicted octanol–water partition coefficient (Wildman–Crippen LogP) is 2.16. The molecule has 0 fully saturated rings. The van der Waals surface area contributed by atoms with Crippen LogP contribution in [0.5, 0.6) is 0 Å². The van der Waals surface area contributed by atoms with Gasteiger partial charge in [0.2, 0.25) is 0 Å². The summed E-state index contributed by atoms with van der Waals surface area (Å²) in [5.41, 5.74) is 0. The highest BCUT2D eigenvalue weighted by Crippen LogP contribution is 2.10. The third kappa shape index (κ3) is 7.79. The molecule has 4 nitrogen and oxygen atoms in total. The average molecular weight is 226 g/mol. The number of ether oxygens (including phenoxy) is 1. The Labute approximate surface area is 95.6 Å². The average Bonchev–Trinajstić information content (AvgIpc) is 2.23. The molecule has 0 aliphatic heterocycles. The third-order valence-corrected chi connectivity index (χ3v) is 2.02. The van der Waals surface area contributed by atoms with Gasteiger partial charge in [-0.25, -0.2) is 0 Å². The molecule has 0 unspecified atom stereocenters. The number of carbonyl (C=O) groups excluding carboxylic acids is 1. The van der Waals surface area contributed by atoms with E-state index in [0.29, 0.717) is 0 Å². The highest BCUT2D eigenvalue weighted by atomic mass is 16.5. The maximum atomic E-state index is 11.1. The summed E-state index contributed by atoms with van der Waals surface area (Å²) in [6, 6.07) is 0. The fourth-order valence-electron chi connectivity index (χ4n) is 1.20. The van der Waals surface area contributed by atoms with Gasteiger partial charge in [0.1, 0.15) is 0 Å². The lowest BCUT2D eigenvalue weighted by Crippen LogP contribution is -2.14. The first-order valence-electron chi connectivity index (χ1n) is 5.19. The second-order valence-corrected chi connectivity index (χ2v) is 3.49. The summed E-state index contributed by atoms with van der Waals surface area (Å²) in [6.07, 6.45) is 4.76. The maximum absolute atomic E-state index is 11.1. The Balaban J connectivity index is 3.80. The lowest BCUT2D eigenvalue weighted by molar-refractivity contribution is -0.148. The molecule has 0 saturated carbocycles. The first-order valence-corrected chi connectivity index (χ1v) is 5.19. The van der Waals surface area contributed by atoms with Crippen molar-refractivity contribution in [3.63, 3.8) is 0 Å². The molecule has 0 saturated heterocycles. The third-order valence-electron chi connectivity index (χ3n) is 2.02. The minimum absolute atomic E-state index is 0.0791. The monoisotopic (exact) mass is 226 g/mol. The van der Waals surface area contributed by atoms with Gasteiger partial charge in [-0.05, 0) is 18.8 Å². The van der Waals surface area contributed by atoms with Crippen LogP contribution in [0.15, 0.2) is 25.3 Å². The molecule has 90 valence electrons. The number of carboxylic acid groups (broad SMARTS) is 1. The van der Waals surface area contributed by atoms with Crippen LogP contribution < -0.4 is 0 Å². The van der Waals surface area contributed by atoms with Gasteiger partial charge in [-0.3, -0.25) is 9.59 Å². The Bertz CT molecular complexity index is 248. The van der Waals surface area contributed by atoms with Crippen LogP contribution in [0.4, 0.5) is 0 Å². The van der Waals surface area contributed by atoms with Crippen molar-refractivity contribution in [2.24, 2.45) is 5.92 Å². The van der Waals surface area contributed by atoms with Crippen LogP contribution >= 0.6 is 0 Å². The molecule has 0 aliphatic carbocycles. The largest absolute Gasteiger partial charge is 0.481 e. The van der Waals surface area contributed by atoms with Crippen molar-refractivity contribution in [2.75, 3.05) is 6.61 Å². The Kier molecular flexibility index (Phi) is 7.85. The van der Waals surface area contributed by atoms with Gasteiger partial charge in [-0.2, -0.15) is 0 Å². The molecule has 0 amide bonds. The molecule has 0 radical (unpaired) electrons. The Morgan fingerprint density at radius 3 is 2.19 bits per heavy atom. The first kappa shape index (κ1) is 14.4. The smallest absolute Gasteiger partial charge is 0.306 e. The molecule has 0 spiro atoms. The standard InChI is InChI=1S/C12H18O4/c1-3-5-10(6-4-2)9-16-12(15)8-7-11(13)14/h3-4,10H,1-2,5-9H2,(H,13,14). The second kappa shape index (κ2) is 8.71. The molecular formula is C12H18O4. The van der Waals surface area contributed by atoms with E-state index in [9.17, 15) is 9.59 Å². The fraction of sp³-hybridized carbons (Fsp3) is 0.500. The second-order valence-electron chi connectivity index (χ2n) is 3.49. The van der Waals surface area contributed by atoms with Crippen LogP contribution in [0.2, 0.25) is 0 Å². The number of rotatable bonds is 9. The number of carboxylic acids is 1. The topological polar surface area (TPSA) is 63.6 Å². The lowest BCUT2D eigenvalue weighted by atomic mass is 10.0. The molecule has 0 aromatic heterocycles. The quantitative estimate of drug-likeness (QED) is 0.483. The molecule has 0 heterocycles. The SMILES string of the molecule is C=CCC(CC=C)COC(=O)CCC(=O)O. The Morgan fingerprint density at radius 1 is 1.19 bits per heavy atom. The van der Waals surface area contributed by atoms with Crippen molar-refractivity contribution in [1.29, 1.82) is 0 Å². The number of esters is 1. The molecule has 0 bridgehead atoms. The first-order chi connectivity index (χ1) is 7.60. The van der Waals surface area contributed by atoms with E-state index < -0.39 is 11.9 Å². The molecule has 4 heteroatoms. The lowest BCUT2D eigenvalue weighted by Gasteiger charge is -2.12. The zero-order valence-electron chi connectivity index (χ0n) is 9.35. The molecule has 0 aliphatic rings. The van der Waals surface area contributed by atoms with Gasteiger partial charge < -0.3 is 9.84 Å². The van der Waals surface area contributed by atoms with Crippen LogP contribution in [0, 0.1) is 5.92 Å². The summed E-state index contributed by atoms with van der Waals surface area (Å²) < 4.78 is 4.96. The van der Waals surface area contributed by atoms with Crippen LogP contribution in [-0.4, -0.2) is 23.7 Å². The van der Waals surface area contributed by atoms with E-state index in [4.69, 9.17) is 9.84 Å². The van der Waals surface area contributed by atoms with Crippen LogP contribution in [-0.2, 0) is 14.3 Å². The Hall–Kier alpha value is -1.58. The molecule has 16 heavy (non-hydrogen) atoms. The van der Waals surface area contributed by atoms with Crippen molar-refractivity contribution in [3.05, 3.63) is 25.3 Å². The number of hydrogen-bond acceptors (Lipinski definition) is 3. The zero-order chi connectivity index (χ0) is 12.4. The van der Waals surface area contributed by atoms with E-state index >= 15 is 0 Å². The van der Waals surface area contributed by atoms with Crippen LogP contribution in [0.1, 0.15) is 25.7 Å². The van der Waals surface area contributed by atoms with Crippen molar-refractivity contribution >= 4 is 11.9 Å². The summed E-state index contributed by atoms with van der Waals surface area (Å²) in [5, 5.41) is 8.37. The molecule has 0 rings (SSSR count). The molecule has 0 atom stereocenters. The summed E-state index contributed by atoms with van der Waals surface area (Å²) in [7, 11) is 0. The van der Waals surface area contributed by atoms with Gasteiger partial charge in [0.15, 0.2) is 0 Å².